The van der Waals surface area contributed by atoms with Gasteiger partial charge < -0.3 is 4.90 Å². The first-order valence-corrected chi connectivity index (χ1v) is 9.27. The second-order valence-electron chi connectivity index (χ2n) is 5.90. The molecule has 0 radical (unpaired) electrons. The van der Waals surface area contributed by atoms with Crippen LogP contribution in [0.3, 0.4) is 0 Å². The fraction of sp³-hybridized carbons (Fsp3) is 0.188. The van der Waals surface area contributed by atoms with Crippen LogP contribution in [0.4, 0.5) is 5.69 Å². The molecule has 4 rings (SSSR count). The molecule has 1 aliphatic rings. The van der Waals surface area contributed by atoms with E-state index in [2.05, 4.69) is 41.9 Å². The highest BCUT2D eigenvalue weighted by Gasteiger charge is 2.26. The fourth-order valence-electron chi connectivity index (χ4n) is 3.03. The Bertz CT molecular complexity index is 1070. The molecular weight excluding hydrogens is 470 g/mol. The molecule has 0 bridgehead atoms. The maximum Gasteiger partial charge on any atom is 0.296 e. The standard InChI is InChI=1S/C16H11Br2N5O3/c17-10-3-9-7-21(2-1-12(9)19-6-10)16(24)13-5-14-15(23(25)26)4-11(18)8-22(14)20-13/h3-6,8H,1-2,7H2. The Labute approximate surface area is 164 Å². The van der Waals surface area contributed by atoms with Crippen molar-refractivity contribution >= 4 is 49.0 Å². The number of halogens is 2. The van der Waals surface area contributed by atoms with Crippen LogP contribution in [0.5, 0.6) is 0 Å². The summed E-state index contributed by atoms with van der Waals surface area (Å²) < 4.78 is 2.73. The highest BCUT2D eigenvalue weighted by atomic mass is 79.9. The van der Waals surface area contributed by atoms with E-state index in [1.54, 1.807) is 17.3 Å². The van der Waals surface area contributed by atoms with E-state index in [-0.39, 0.29) is 22.8 Å². The zero-order valence-corrected chi connectivity index (χ0v) is 16.4. The maximum absolute atomic E-state index is 12.9. The second kappa shape index (κ2) is 6.44. The van der Waals surface area contributed by atoms with E-state index in [1.165, 1.54) is 16.6 Å². The number of carbonyl (C=O) groups is 1. The lowest BCUT2D eigenvalue weighted by molar-refractivity contribution is -0.383. The van der Waals surface area contributed by atoms with Gasteiger partial charge in [0, 0.05) is 58.7 Å². The summed E-state index contributed by atoms with van der Waals surface area (Å²) in [4.78, 5) is 29.7. The van der Waals surface area contributed by atoms with Crippen molar-refractivity contribution in [1.82, 2.24) is 19.5 Å². The van der Waals surface area contributed by atoms with Crippen molar-refractivity contribution in [1.29, 1.82) is 0 Å². The van der Waals surface area contributed by atoms with Crippen molar-refractivity contribution in [3.63, 3.8) is 0 Å². The third-order valence-corrected chi connectivity index (χ3v) is 5.09. The Morgan fingerprint density at radius 1 is 1.23 bits per heavy atom. The minimum atomic E-state index is -0.490. The lowest BCUT2D eigenvalue weighted by Crippen LogP contribution is -2.36. The minimum Gasteiger partial charge on any atom is -0.332 e. The van der Waals surface area contributed by atoms with Gasteiger partial charge in [-0.3, -0.25) is 19.9 Å². The summed E-state index contributed by atoms with van der Waals surface area (Å²) in [5, 5.41) is 15.5. The van der Waals surface area contributed by atoms with E-state index >= 15 is 0 Å². The highest BCUT2D eigenvalue weighted by Crippen LogP contribution is 2.26. The molecule has 3 aromatic rings. The third kappa shape index (κ3) is 2.99. The highest BCUT2D eigenvalue weighted by molar-refractivity contribution is 9.10. The average molecular weight is 481 g/mol. The summed E-state index contributed by atoms with van der Waals surface area (Å²) in [5.74, 6) is -0.259. The number of hydrogen-bond acceptors (Lipinski definition) is 5. The summed E-state index contributed by atoms with van der Waals surface area (Å²) in [6.45, 7) is 0.959. The molecule has 1 amide bonds. The molecule has 3 aromatic heterocycles. The minimum absolute atomic E-state index is 0.108. The average Bonchev–Trinajstić information content (AvgIpc) is 3.03. The number of carbonyl (C=O) groups excluding carboxylic acids is 1. The molecular formula is C16H11Br2N5O3. The van der Waals surface area contributed by atoms with E-state index in [9.17, 15) is 14.9 Å². The second-order valence-corrected chi connectivity index (χ2v) is 7.73. The zero-order chi connectivity index (χ0) is 18.4. The van der Waals surface area contributed by atoms with Gasteiger partial charge in [0.05, 0.1) is 4.92 Å². The lowest BCUT2D eigenvalue weighted by Gasteiger charge is -2.27. The van der Waals surface area contributed by atoms with Gasteiger partial charge in [-0.25, -0.2) is 4.52 Å². The SMILES string of the molecule is O=C(c1cc2c([N+](=O)[O-])cc(Br)cn2n1)N1CCc2ncc(Br)cc2C1. The zero-order valence-electron chi connectivity index (χ0n) is 13.2. The van der Waals surface area contributed by atoms with Gasteiger partial charge in [-0.05, 0) is 43.5 Å². The quantitative estimate of drug-likeness (QED) is 0.414. The van der Waals surface area contributed by atoms with E-state index in [0.717, 1.165) is 15.7 Å². The van der Waals surface area contributed by atoms with Gasteiger partial charge in [0.15, 0.2) is 5.69 Å². The summed E-state index contributed by atoms with van der Waals surface area (Å²) in [5.41, 5.74) is 2.31. The third-order valence-electron chi connectivity index (χ3n) is 4.23. The van der Waals surface area contributed by atoms with Crippen LogP contribution in [-0.4, -0.2) is 36.9 Å². The molecule has 0 aromatic carbocycles. The van der Waals surface area contributed by atoms with Crippen LogP contribution in [0.2, 0.25) is 0 Å². The molecule has 0 saturated heterocycles. The predicted octanol–water partition coefficient (Wildman–Crippen LogP) is 3.36. The summed E-state index contributed by atoms with van der Waals surface area (Å²) in [6, 6.07) is 4.81. The van der Waals surface area contributed by atoms with Crippen molar-refractivity contribution in [2.75, 3.05) is 6.54 Å². The van der Waals surface area contributed by atoms with Gasteiger partial charge in [-0.1, -0.05) is 0 Å². The Balaban J connectivity index is 1.69. The molecule has 10 heteroatoms. The largest absolute Gasteiger partial charge is 0.332 e. The molecule has 0 saturated carbocycles. The fourth-order valence-corrected chi connectivity index (χ4v) is 3.82. The summed E-state index contributed by atoms with van der Waals surface area (Å²) in [6.07, 6.45) is 3.99. The predicted molar refractivity (Wildman–Crippen MR) is 99.9 cm³/mol. The van der Waals surface area contributed by atoms with Gasteiger partial charge in [-0.2, -0.15) is 5.10 Å². The molecule has 8 nitrogen and oxygen atoms in total. The van der Waals surface area contributed by atoms with Gasteiger partial charge in [0.25, 0.3) is 11.6 Å². The number of nitrogens with zero attached hydrogens (tertiary/aromatic N) is 5. The number of aromatic nitrogens is 3. The first kappa shape index (κ1) is 17.1. The number of hydrogen-bond donors (Lipinski definition) is 0. The van der Waals surface area contributed by atoms with Crippen LogP contribution in [0.25, 0.3) is 5.52 Å². The van der Waals surface area contributed by atoms with Crippen molar-refractivity contribution < 1.29 is 9.72 Å². The molecule has 0 unspecified atom stereocenters. The number of nitro groups is 1. The van der Waals surface area contributed by atoms with Crippen molar-refractivity contribution in [3.8, 4) is 0 Å². The van der Waals surface area contributed by atoms with Gasteiger partial charge in [0.2, 0.25) is 0 Å². The van der Waals surface area contributed by atoms with E-state index in [1.807, 2.05) is 6.07 Å². The van der Waals surface area contributed by atoms with Gasteiger partial charge >= 0.3 is 0 Å². The number of rotatable bonds is 2. The molecule has 26 heavy (non-hydrogen) atoms. The lowest BCUT2D eigenvalue weighted by atomic mass is 10.1. The van der Waals surface area contributed by atoms with Crippen LogP contribution >= 0.6 is 31.9 Å². The first-order chi connectivity index (χ1) is 12.4. The molecule has 0 N–H and O–H groups in total. The van der Waals surface area contributed by atoms with Crippen LogP contribution in [0.1, 0.15) is 21.7 Å². The van der Waals surface area contributed by atoms with E-state index in [4.69, 9.17) is 0 Å². The Morgan fingerprint density at radius 2 is 2.04 bits per heavy atom. The summed E-state index contributed by atoms with van der Waals surface area (Å²) >= 11 is 6.62. The summed E-state index contributed by atoms with van der Waals surface area (Å²) in [7, 11) is 0. The Morgan fingerprint density at radius 3 is 2.81 bits per heavy atom. The van der Waals surface area contributed by atoms with Crippen LogP contribution in [-0.2, 0) is 13.0 Å². The monoisotopic (exact) mass is 479 g/mol. The molecule has 0 fully saturated rings. The van der Waals surface area contributed by atoms with Crippen LogP contribution in [0, 0.1) is 10.1 Å². The molecule has 0 aliphatic carbocycles. The molecule has 0 atom stereocenters. The number of pyridine rings is 2. The number of fused-ring (bicyclic) bond motifs is 2. The maximum atomic E-state index is 12.9. The van der Waals surface area contributed by atoms with E-state index < -0.39 is 4.92 Å². The molecule has 0 spiro atoms. The van der Waals surface area contributed by atoms with Crippen LogP contribution < -0.4 is 0 Å². The van der Waals surface area contributed by atoms with E-state index in [0.29, 0.717) is 24.0 Å². The van der Waals surface area contributed by atoms with Crippen molar-refractivity contribution in [2.45, 2.75) is 13.0 Å². The topological polar surface area (TPSA) is 93.6 Å². The normalized spacial score (nSPS) is 13.7. The molecule has 4 heterocycles. The first-order valence-electron chi connectivity index (χ1n) is 7.68. The van der Waals surface area contributed by atoms with Gasteiger partial charge in [-0.15, -0.1) is 0 Å². The van der Waals surface area contributed by atoms with Crippen molar-refractivity contribution in [2.24, 2.45) is 0 Å². The Kier molecular flexibility index (Phi) is 4.23. The smallest absolute Gasteiger partial charge is 0.296 e. The molecule has 132 valence electrons. The Hall–Kier alpha value is -2.33. The van der Waals surface area contributed by atoms with Crippen molar-refractivity contribution in [3.05, 3.63) is 66.6 Å². The van der Waals surface area contributed by atoms with Gasteiger partial charge in [0.1, 0.15) is 5.52 Å². The number of amides is 1. The van der Waals surface area contributed by atoms with Crippen LogP contribution in [0.15, 0.2) is 39.5 Å². The molecule has 1 aliphatic heterocycles.